The van der Waals surface area contributed by atoms with E-state index in [2.05, 4.69) is 41.5 Å². The lowest BCUT2D eigenvalue weighted by atomic mass is 9.77. The normalized spacial score (nSPS) is 14.9. The molecule has 1 unspecified atom stereocenters. The summed E-state index contributed by atoms with van der Waals surface area (Å²) in [5, 5.41) is 0. The molecule has 0 saturated carbocycles. The van der Waals surface area contributed by atoms with E-state index in [0.717, 1.165) is 19.4 Å². The van der Waals surface area contributed by atoms with Gasteiger partial charge in [0.05, 0.1) is 12.0 Å². The van der Waals surface area contributed by atoms with Gasteiger partial charge in [-0.2, -0.15) is 0 Å². The Morgan fingerprint density at radius 1 is 0.969 bits per heavy atom. The van der Waals surface area contributed by atoms with Crippen molar-refractivity contribution >= 4 is 11.8 Å². The van der Waals surface area contributed by atoms with Crippen LogP contribution in [0, 0.1) is 16.7 Å². The summed E-state index contributed by atoms with van der Waals surface area (Å²) in [7, 11) is 3.71. The molecular weight excluding hydrogens is 402 g/mol. The Morgan fingerprint density at radius 2 is 1.50 bits per heavy atom. The molecule has 0 bridgehead atoms. The second-order valence-corrected chi connectivity index (χ2v) is 12.6. The molecule has 0 aliphatic carbocycles. The third-order valence-electron chi connectivity index (χ3n) is 6.14. The molecule has 32 heavy (non-hydrogen) atoms. The molecule has 0 rings (SSSR count). The Kier molecular flexibility index (Phi) is 11.4. The van der Waals surface area contributed by atoms with Crippen LogP contribution >= 0.6 is 0 Å². The largest absolute Gasteiger partial charge is 0.375 e. The second kappa shape index (κ2) is 11.8. The van der Waals surface area contributed by atoms with Crippen molar-refractivity contribution in [1.29, 1.82) is 0 Å². The summed E-state index contributed by atoms with van der Waals surface area (Å²) < 4.78 is 6.07. The maximum atomic E-state index is 13.2. The minimum absolute atomic E-state index is 0.0686. The van der Waals surface area contributed by atoms with E-state index < -0.39 is 11.0 Å². The van der Waals surface area contributed by atoms with E-state index in [1.807, 2.05) is 46.7 Å². The van der Waals surface area contributed by atoms with Gasteiger partial charge in [-0.05, 0) is 51.4 Å². The van der Waals surface area contributed by atoms with Crippen LogP contribution in [0.4, 0.5) is 0 Å². The van der Waals surface area contributed by atoms with Gasteiger partial charge in [0.1, 0.15) is 0 Å². The van der Waals surface area contributed by atoms with Crippen LogP contribution in [0.3, 0.4) is 0 Å². The Balaban J connectivity index is 4.81. The minimum atomic E-state index is -0.568. The zero-order chi connectivity index (χ0) is 25.5. The predicted octanol–water partition coefficient (Wildman–Crippen LogP) is 4.70. The fourth-order valence-corrected chi connectivity index (χ4v) is 4.39. The van der Waals surface area contributed by atoms with Gasteiger partial charge in [-0.25, -0.2) is 0 Å². The number of hydrogen-bond donors (Lipinski definition) is 1. The highest BCUT2D eigenvalue weighted by molar-refractivity contribution is 5.81. The summed E-state index contributed by atoms with van der Waals surface area (Å²) in [5.74, 6) is 0.622. The number of rotatable bonds is 14. The Bertz CT molecular complexity index is 609. The van der Waals surface area contributed by atoms with E-state index in [9.17, 15) is 9.59 Å². The average Bonchev–Trinajstić information content (AvgIpc) is 2.58. The first kappa shape index (κ1) is 30.9. The minimum Gasteiger partial charge on any atom is -0.375 e. The van der Waals surface area contributed by atoms with Gasteiger partial charge in [0.25, 0.3) is 0 Å². The van der Waals surface area contributed by atoms with Crippen LogP contribution in [-0.4, -0.2) is 66.5 Å². The first-order valence-corrected chi connectivity index (χ1v) is 12.2. The summed E-state index contributed by atoms with van der Waals surface area (Å²) in [6.07, 6.45) is 2.68. The molecule has 190 valence electrons. The van der Waals surface area contributed by atoms with Crippen LogP contribution in [0.1, 0.15) is 94.9 Å². The third kappa shape index (κ3) is 11.6. The van der Waals surface area contributed by atoms with Crippen molar-refractivity contribution in [3.63, 3.8) is 0 Å². The summed E-state index contributed by atoms with van der Waals surface area (Å²) in [5.41, 5.74) is 4.96. The van der Waals surface area contributed by atoms with E-state index in [-0.39, 0.29) is 22.8 Å². The molecule has 0 spiro atoms. The van der Waals surface area contributed by atoms with Gasteiger partial charge < -0.3 is 20.3 Å². The Labute approximate surface area is 198 Å². The molecule has 0 aromatic carbocycles. The number of amides is 2. The second-order valence-electron chi connectivity index (χ2n) is 12.6. The fraction of sp³-hybridized carbons (Fsp3) is 0.923. The molecule has 0 aliphatic heterocycles. The molecule has 0 radical (unpaired) electrons. The van der Waals surface area contributed by atoms with Crippen molar-refractivity contribution < 1.29 is 14.3 Å². The van der Waals surface area contributed by atoms with E-state index in [1.54, 1.807) is 4.90 Å². The third-order valence-corrected chi connectivity index (χ3v) is 6.14. The van der Waals surface area contributed by atoms with E-state index in [0.29, 0.717) is 31.9 Å². The van der Waals surface area contributed by atoms with Crippen LogP contribution < -0.4 is 5.73 Å². The maximum Gasteiger partial charge on any atom is 0.228 e. The molecule has 0 saturated heterocycles. The lowest BCUT2D eigenvalue weighted by Crippen LogP contribution is -2.47. The van der Waals surface area contributed by atoms with Crippen molar-refractivity contribution in [2.24, 2.45) is 22.5 Å². The zero-order valence-corrected chi connectivity index (χ0v) is 23.2. The van der Waals surface area contributed by atoms with Gasteiger partial charge in [-0.3, -0.25) is 9.59 Å². The molecular formula is C26H53N3O3. The predicted molar refractivity (Wildman–Crippen MR) is 134 cm³/mol. The van der Waals surface area contributed by atoms with Crippen molar-refractivity contribution in [2.45, 2.75) is 106 Å². The fourth-order valence-electron chi connectivity index (χ4n) is 4.39. The Hall–Kier alpha value is -1.14. The highest BCUT2D eigenvalue weighted by atomic mass is 16.5. The number of carbonyl (C=O) groups excluding carboxylic acids is 2. The molecule has 2 amide bonds. The van der Waals surface area contributed by atoms with Gasteiger partial charge in [-0.15, -0.1) is 0 Å². The van der Waals surface area contributed by atoms with Gasteiger partial charge in [-0.1, -0.05) is 48.5 Å². The first-order chi connectivity index (χ1) is 14.2. The number of ether oxygens (including phenoxy) is 1. The van der Waals surface area contributed by atoms with Gasteiger partial charge >= 0.3 is 0 Å². The first-order valence-electron chi connectivity index (χ1n) is 12.2. The summed E-state index contributed by atoms with van der Waals surface area (Å²) in [6.45, 7) is 22.4. The van der Waals surface area contributed by atoms with Crippen LogP contribution in [0.25, 0.3) is 0 Å². The molecule has 0 aromatic heterocycles. The van der Waals surface area contributed by atoms with Crippen molar-refractivity contribution in [3.05, 3.63) is 0 Å². The standard InChI is InChI=1S/C26H53N3O3/c1-13-26(10,27)18-23(4,5)19-29(12)22(31)24(6,7)14-15-32-25(8,9)16-21(30)28(11)17-20(2)3/h20H,13-19,27H2,1-12H3. The zero-order valence-electron chi connectivity index (χ0n) is 23.2. The monoisotopic (exact) mass is 455 g/mol. The Morgan fingerprint density at radius 3 is 1.97 bits per heavy atom. The topological polar surface area (TPSA) is 75.9 Å². The number of nitrogens with two attached hydrogens (primary N) is 1. The van der Waals surface area contributed by atoms with Crippen LogP contribution in [0.5, 0.6) is 0 Å². The molecule has 2 N–H and O–H groups in total. The van der Waals surface area contributed by atoms with Crippen molar-refractivity contribution in [3.8, 4) is 0 Å². The van der Waals surface area contributed by atoms with Gasteiger partial charge in [0, 0.05) is 44.7 Å². The van der Waals surface area contributed by atoms with Gasteiger partial charge in [0.15, 0.2) is 0 Å². The molecule has 1 atom stereocenters. The molecule has 0 aromatic rings. The molecule has 6 nitrogen and oxygen atoms in total. The molecule has 0 heterocycles. The number of carbonyl (C=O) groups is 2. The molecule has 6 heteroatoms. The SMILES string of the molecule is CCC(C)(N)CC(C)(C)CN(C)C(=O)C(C)(C)CCOC(C)(C)CC(=O)N(C)CC(C)C. The van der Waals surface area contributed by atoms with Crippen molar-refractivity contribution in [2.75, 3.05) is 33.8 Å². The van der Waals surface area contributed by atoms with E-state index in [1.165, 1.54) is 0 Å². The highest BCUT2D eigenvalue weighted by Gasteiger charge is 2.35. The quantitative estimate of drug-likeness (QED) is 0.412. The van der Waals surface area contributed by atoms with Crippen LogP contribution in [-0.2, 0) is 14.3 Å². The van der Waals surface area contributed by atoms with Gasteiger partial charge in [0.2, 0.25) is 11.8 Å². The summed E-state index contributed by atoms with van der Waals surface area (Å²) in [4.78, 5) is 29.3. The summed E-state index contributed by atoms with van der Waals surface area (Å²) >= 11 is 0. The lowest BCUT2D eigenvalue weighted by molar-refractivity contribution is -0.144. The van der Waals surface area contributed by atoms with E-state index >= 15 is 0 Å². The highest BCUT2D eigenvalue weighted by Crippen LogP contribution is 2.31. The molecule has 0 fully saturated rings. The lowest BCUT2D eigenvalue weighted by Gasteiger charge is -2.39. The summed E-state index contributed by atoms with van der Waals surface area (Å²) in [6, 6.07) is 0. The average molecular weight is 456 g/mol. The number of nitrogens with zero attached hydrogens (tertiary/aromatic N) is 2. The van der Waals surface area contributed by atoms with Crippen LogP contribution in [0.2, 0.25) is 0 Å². The van der Waals surface area contributed by atoms with Crippen LogP contribution in [0.15, 0.2) is 0 Å². The smallest absolute Gasteiger partial charge is 0.228 e. The number of hydrogen-bond acceptors (Lipinski definition) is 4. The van der Waals surface area contributed by atoms with Crippen molar-refractivity contribution in [1.82, 2.24) is 9.80 Å². The van der Waals surface area contributed by atoms with E-state index in [4.69, 9.17) is 10.5 Å². The molecule has 0 aliphatic rings. The maximum absolute atomic E-state index is 13.2.